The van der Waals surface area contributed by atoms with Crippen LogP contribution in [0.15, 0.2) is 66.9 Å². The van der Waals surface area contributed by atoms with Crippen LogP contribution in [0.25, 0.3) is 5.69 Å². The maximum Gasteiger partial charge on any atom is 0.256 e. The smallest absolute Gasteiger partial charge is 0.256 e. The zero-order valence-corrected chi connectivity index (χ0v) is 18.4. The van der Waals surface area contributed by atoms with Gasteiger partial charge in [0.1, 0.15) is 5.15 Å². The zero-order chi connectivity index (χ0) is 21.8. The molecule has 0 fully saturated rings. The average Bonchev–Trinajstić information content (AvgIpc) is 3.35. The van der Waals surface area contributed by atoms with E-state index in [1.807, 2.05) is 71.5 Å². The van der Waals surface area contributed by atoms with E-state index < -0.39 is 0 Å². The van der Waals surface area contributed by atoms with Gasteiger partial charge in [-0.25, -0.2) is 9.36 Å². The first kappa shape index (κ1) is 21.2. The minimum atomic E-state index is -0.254. The van der Waals surface area contributed by atoms with Gasteiger partial charge in [-0.05, 0) is 36.8 Å². The van der Waals surface area contributed by atoms with Gasteiger partial charge in [-0.15, -0.1) is 0 Å². The maximum atomic E-state index is 12.7. The number of hydrogen-bond acceptors (Lipinski definition) is 3. The number of amides is 1. The van der Waals surface area contributed by atoms with Crippen LogP contribution >= 0.6 is 23.2 Å². The van der Waals surface area contributed by atoms with Gasteiger partial charge in [-0.1, -0.05) is 59.6 Å². The second-order valence-corrected chi connectivity index (χ2v) is 7.86. The van der Waals surface area contributed by atoms with Crippen LogP contribution in [0.2, 0.25) is 10.2 Å². The minimum Gasteiger partial charge on any atom is -0.351 e. The molecule has 0 bridgehead atoms. The quantitative estimate of drug-likeness (QED) is 0.440. The summed E-state index contributed by atoms with van der Waals surface area (Å²) in [6, 6.07) is 19.3. The van der Waals surface area contributed by atoms with E-state index in [9.17, 15) is 4.79 Å². The van der Waals surface area contributed by atoms with Gasteiger partial charge < -0.3 is 5.32 Å². The van der Waals surface area contributed by atoms with E-state index in [1.165, 1.54) is 0 Å². The summed E-state index contributed by atoms with van der Waals surface area (Å²) in [6.45, 7) is 2.60. The molecule has 4 rings (SSSR count). The maximum absolute atomic E-state index is 12.7. The number of halogens is 2. The summed E-state index contributed by atoms with van der Waals surface area (Å²) < 4.78 is 3.41. The molecule has 2 aromatic carbocycles. The predicted molar refractivity (Wildman–Crippen MR) is 122 cm³/mol. The van der Waals surface area contributed by atoms with Crippen LogP contribution in [0, 0.1) is 6.92 Å². The van der Waals surface area contributed by atoms with Gasteiger partial charge in [0.25, 0.3) is 5.91 Å². The van der Waals surface area contributed by atoms with Crippen molar-refractivity contribution in [3.8, 4) is 5.69 Å². The second-order valence-electron chi connectivity index (χ2n) is 7.09. The largest absolute Gasteiger partial charge is 0.351 e. The van der Waals surface area contributed by atoms with Gasteiger partial charge in [-0.2, -0.15) is 10.2 Å². The Morgan fingerprint density at radius 3 is 2.52 bits per heavy atom. The predicted octanol–water partition coefficient (Wildman–Crippen LogP) is 4.70. The summed E-state index contributed by atoms with van der Waals surface area (Å²) in [5.74, 6) is -0.254. The van der Waals surface area contributed by atoms with Gasteiger partial charge in [0.15, 0.2) is 0 Å². The fourth-order valence-electron chi connectivity index (χ4n) is 3.32. The molecule has 0 aliphatic rings. The summed E-state index contributed by atoms with van der Waals surface area (Å²) in [5.41, 5.74) is 3.72. The Labute approximate surface area is 190 Å². The third-order valence-electron chi connectivity index (χ3n) is 4.90. The molecule has 6 nitrogen and oxygen atoms in total. The Kier molecular flexibility index (Phi) is 6.39. The lowest BCUT2D eigenvalue weighted by molar-refractivity contribution is 0.0953. The number of carbonyl (C=O) groups is 1. The number of para-hydroxylation sites is 1. The fourth-order valence-corrected chi connectivity index (χ4v) is 3.83. The van der Waals surface area contributed by atoms with Crippen molar-refractivity contribution in [2.24, 2.45) is 0 Å². The molecule has 0 saturated carbocycles. The molecular formula is C23H21Cl2N5O. The highest BCUT2D eigenvalue weighted by Crippen LogP contribution is 2.23. The van der Waals surface area contributed by atoms with E-state index in [1.54, 1.807) is 11.6 Å². The van der Waals surface area contributed by atoms with Crippen molar-refractivity contribution in [1.29, 1.82) is 0 Å². The number of aromatic nitrogens is 4. The SMILES string of the molecule is Cc1nn(Cc2ccccc2Cl)c(Cl)c1C(=O)NCCc1ccn(-c2ccccc2)n1. The number of carbonyl (C=O) groups excluding carboxylic acids is 1. The molecule has 0 radical (unpaired) electrons. The van der Waals surface area contributed by atoms with E-state index in [4.69, 9.17) is 23.2 Å². The van der Waals surface area contributed by atoms with Gasteiger partial charge in [0.05, 0.1) is 29.2 Å². The topological polar surface area (TPSA) is 64.7 Å². The first-order valence-electron chi connectivity index (χ1n) is 9.87. The lowest BCUT2D eigenvalue weighted by atomic mass is 10.2. The van der Waals surface area contributed by atoms with Gasteiger partial charge in [0, 0.05) is 24.2 Å². The normalized spacial score (nSPS) is 10.9. The zero-order valence-electron chi connectivity index (χ0n) is 16.9. The Hall–Kier alpha value is -3.09. The summed E-state index contributed by atoms with van der Waals surface area (Å²) in [7, 11) is 0. The fraction of sp³-hybridized carbons (Fsp3) is 0.174. The monoisotopic (exact) mass is 453 g/mol. The van der Waals surface area contributed by atoms with Gasteiger partial charge in [-0.3, -0.25) is 4.79 Å². The number of nitrogens with one attached hydrogen (secondary N) is 1. The van der Waals surface area contributed by atoms with Crippen molar-refractivity contribution in [3.05, 3.63) is 99.6 Å². The molecule has 0 atom stereocenters. The number of nitrogens with zero attached hydrogens (tertiary/aromatic N) is 4. The van der Waals surface area contributed by atoms with Crippen LogP contribution in [0.4, 0.5) is 0 Å². The van der Waals surface area contributed by atoms with Crippen LogP contribution < -0.4 is 5.32 Å². The lowest BCUT2D eigenvalue weighted by Crippen LogP contribution is -2.26. The van der Waals surface area contributed by atoms with E-state index in [0.717, 1.165) is 16.9 Å². The van der Waals surface area contributed by atoms with Crippen molar-refractivity contribution in [2.45, 2.75) is 19.9 Å². The lowest BCUT2D eigenvalue weighted by Gasteiger charge is -2.06. The number of benzene rings is 2. The van der Waals surface area contributed by atoms with Crippen LogP contribution in [0.1, 0.15) is 27.3 Å². The minimum absolute atomic E-state index is 0.254. The number of aryl methyl sites for hydroxylation is 1. The van der Waals surface area contributed by atoms with Crippen molar-refractivity contribution < 1.29 is 4.79 Å². The molecule has 0 aliphatic heterocycles. The molecule has 0 aliphatic carbocycles. The van der Waals surface area contributed by atoms with E-state index in [2.05, 4.69) is 15.5 Å². The molecule has 2 heterocycles. The Balaban J connectivity index is 1.39. The highest BCUT2D eigenvalue weighted by molar-refractivity contribution is 6.33. The third-order valence-corrected chi connectivity index (χ3v) is 5.65. The summed E-state index contributed by atoms with van der Waals surface area (Å²) >= 11 is 12.7. The van der Waals surface area contributed by atoms with Crippen LogP contribution in [-0.2, 0) is 13.0 Å². The third kappa shape index (κ3) is 4.81. The average molecular weight is 454 g/mol. The molecular weight excluding hydrogens is 433 g/mol. The highest BCUT2D eigenvalue weighted by Gasteiger charge is 2.20. The number of rotatable bonds is 7. The van der Waals surface area contributed by atoms with Crippen molar-refractivity contribution >= 4 is 29.1 Å². The van der Waals surface area contributed by atoms with Crippen LogP contribution in [0.5, 0.6) is 0 Å². The van der Waals surface area contributed by atoms with Crippen molar-refractivity contribution in [2.75, 3.05) is 6.54 Å². The van der Waals surface area contributed by atoms with E-state index >= 15 is 0 Å². The van der Waals surface area contributed by atoms with Gasteiger partial charge >= 0.3 is 0 Å². The van der Waals surface area contributed by atoms with Crippen LogP contribution in [-0.4, -0.2) is 32.0 Å². The molecule has 0 unspecified atom stereocenters. The molecule has 0 spiro atoms. The molecule has 2 aromatic heterocycles. The molecule has 31 heavy (non-hydrogen) atoms. The molecule has 1 N–H and O–H groups in total. The molecule has 158 valence electrons. The van der Waals surface area contributed by atoms with E-state index in [-0.39, 0.29) is 5.91 Å². The first-order valence-corrected chi connectivity index (χ1v) is 10.6. The van der Waals surface area contributed by atoms with Crippen molar-refractivity contribution in [3.63, 3.8) is 0 Å². The molecule has 4 aromatic rings. The van der Waals surface area contributed by atoms with E-state index in [0.29, 0.717) is 40.9 Å². The summed E-state index contributed by atoms with van der Waals surface area (Å²) in [4.78, 5) is 12.7. The Morgan fingerprint density at radius 2 is 1.74 bits per heavy atom. The summed E-state index contributed by atoms with van der Waals surface area (Å²) in [6.07, 6.45) is 2.52. The molecule has 8 heteroatoms. The second kappa shape index (κ2) is 9.37. The molecule has 0 saturated heterocycles. The Morgan fingerprint density at radius 1 is 1.00 bits per heavy atom. The summed E-state index contributed by atoms with van der Waals surface area (Å²) in [5, 5.41) is 12.8. The number of hydrogen-bond donors (Lipinski definition) is 1. The highest BCUT2D eigenvalue weighted by atomic mass is 35.5. The van der Waals surface area contributed by atoms with Crippen molar-refractivity contribution in [1.82, 2.24) is 24.9 Å². The Bertz CT molecular complexity index is 1200. The first-order chi connectivity index (χ1) is 15.0. The standard InChI is InChI=1S/C23H21Cl2N5O/c1-16-21(22(25)30(27-16)15-17-7-5-6-10-20(17)24)23(31)26-13-11-18-12-14-29(28-18)19-8-3-2-4-9-19/h2-10,12,14H,11,13,15H2,1H3,(H,26,31). The van der Waals surface area contributed by atoms with Gasteiger partial charge in [0.2, 0.25) is 0 Å². The molecule has 1 amide bonds. The van der Waals surface area contributed by atoms with Crippen LogP contribution in [0.3, 0.4) is 0 Å².